The Morgan fingerprint density at radius 1 is 1.43 bits per heavy atom. The highest BCUT2D eigenvalue weighted by molar-refractivity contribution is 5.69. The summed E-state index contributed by atoms with van der Waals surface area (Å²) in [5, 5.41) is 3.12. The fourth-order valence-electron chi connectivity index (χ4n) is 1.10. The van der Waals surface area contributed by atoms with Crippen LogP contribution in [0.1, 0.15) is 19.3 Å². The Hall–Kier alpha value is -0.610. The van der Waals surface area contributed by atoms with E-state index in [1.54, 1.807) is 0 Å². The number of carbonyl (C=O) groups excluding carboxylic acids is 1. The normalized spacial score (nSPS) is 15.5. The van der Waals surface area contributed by atoms with E-state index in [2.05, 4.69) is 10.1 Å². The lowest BCUT2D eigenvalue weighted by Gasteiger charge is -2.04. The Morgan fingerprint density at radius 3 is 2.86 bits per heavy atom. The molecule has 1 fully saturated rings. The van der Waals surface area contributed by atoms with Crippen LogP contribution in [0.2, 0.25) is 0 Å². The maximum atomic E-state index is 10.7. The third-order valence-corrected chi connectivity index (χ3v) is 2.21. The standard InChI is InChI=1S/C10H19NO3/c1-13-10(12)4-5-11-6-7-14-8-9-2-3-9/h9,11H,2-8H2,1H3. The van der Waals surface area contributed by atoms with Crippen molar-refractivity contribution in [3.05, 3.63) is 0 Å². The van der Waals surface area contributed by atoms with Crippen LogP contribution in [0.4, 0.5) is 0 Å². The quantitative estimate of drug-likeness (QED) is 0.460. The average Bonchev–Trinajstić information content (AvgIpc) is 2.99. The molecule has 0 aliphatic heterocycles. The average molecular weight is 201 g/mol. The monoisotopic (exact) mass is 201 g/mol. The van der Waals surface area contributed by atoms with Crippen molar-refractivity contribution in [1.82, 2.24) is 5.32 Å². The summed E-state index contributed by atoms with van der Waals surface area (Å²) >= 11 is 0. The van der Waals surface area contributed by atoms with Crippen LogP contribution in [0.25, 0.3) is 0 Å². The number of carbonyl (C=O) groups is 1. The van der Waals surface area contributed by atoms with Gasteiger partial charge < -0.3 is 14.8 Å². The highest BCUT2D eigenvalue weighted by Gasteiger charge is 2.20. The lowest BCUT2D eigenvalue weighted by Crippen LogP contribution is -2.23. The minimum absolute atomic E-state index is 0.170. The minimum Gasteiger partial charge on any atom is -0.469 e. The molecular formula is C10H19NO3. The van der Waals surface area contributed by atoms with E-state index in [9.17, 15) is 4.79 Å². The lowest BCUT2D eigenvalue weighted by molar-refractivity contribution is -0.140. The summed E-state index contributed by atoms with van der Waals surface area (Å²) in [6.45, 7) is 3.11. The summed E-state index contributed by atoms with van der Waals surface area (Å²) in [6.07, 6.45) is 3.09. The van der Waals surface area contributed by atoms with Crippen molar-refractivity contribution in [3.8, 4) is 0 Å². The molecule has 0 aromatic heterocycles. The first kappa shape index (κ1) is 11.5. The first-order valence-corrected chi connectivity index (χ1v) is 5.18. The summed E-state index contributed by atoms with van der Waals surface area (Å²) in [6, 6.07) is 0. The Balaban J connectivity index is 1.72. The van der Waals surface area contributed by atoms with Gasteiger partial charge in [0.25, 0.3) is 0 Å². The van der Waals surface area contributed by atoms with Gasteiger partial charge in [0, 0.05) is 19.7 Å². The van der Waals surface area contributed by atoms with Crippen LogP contribution in [0, 0.1) is 5.92 Å². The molecule has 0 radical (unpaired) electrons. The summed E-state index contributed by atoms with van der Waals surface area (Å²) < 4.78 is 9.92. The van der Waals surface area contributed by atoms with Gasteiger partial charge in [-0.3, -0.25) is 4.79 Å². The van der Waals surface area contributed by atoms with Crippen LogP contribution in [0.3, 0.4) is 0 Å². The second kappa shape index (κ2) is 6.79. The van der Waals surface area contributed by atoms with Gasteiger partial charge >= 0.3 is 5.97 Å². The van der Waals surface area contributed by atoms with Crippen molar-refractivity contribution >= 4 is 5.97 Å². The molecule has 1 aliphatic rings. The molecule has 0 aromatic rings. The molecule has 1 aliphatic carbocycles. The van der Waals surface area contributed by atoms with E-state index >= 15 is 0 Å². The Bertz CT molecular complexity index is 169. The van der Waals surface area contributed by atoms with Gasteiger partial charge in [0.2, 0.25) is 0 Å². The zero-order valence-electron chi connectivity index (χ0n) is 8.75. The number of rotatable bonds is 8. The van der Waals surface area contributed by atoms with Crippen LogP contribution >= 0.6 is 0 Å². The molecule has 4 nitrogen and oxygen atoms in total. The molecule has 82 valence electrons. The van der Waals surface area contributed by atoms with Gasteiger partial charge in [-0.15, -0.1) is 0 Å². The van der Waals surface area contributed by atoms with E-state index in [1.807, 2.05) is 0 Å². The van der Waals surface area contributed by atoms with Crippen LogP contribution in [-0.2, 0) is 14.3 Å². The van der Waals surface area contributed by atoms with Gasteiger partial charge in [-0.25, -0.2) is 0 Å². The molecule has 0 amide bonds. The van der Waals surface area contributed by atoms with Crippen molar-refractivity contribution in [2.24, 2.45) is 5.92 Å². The van der Waals surface area contributed by atoms with Crippen molar-refractivity contribution in [1.29, 1.82) is 0 Å². The van der Waals surface area contributed by atoms with Gasteiger partial charge in [0.15, 0.2) is 0 Å². The van der Waals surface area contributed by atoms with Gasteiger partial charge in [0.1, 0.15) is 0 Å². The summed E-state index contributed by atoms with van der Waals surface area (Å²) in [5.74, 6) is 0.654. The van der Waals surface area contributed by atoms with Crippen molar-refractivity contribution in [3.63, 3.8) is 0 Å². The molecule has 14 heavy (non-hydrogen) atoms. The molecule has 0 heterocycles. The molecule has 0 saturated heterocycles. The van der Waals surface area contributed by atoms with E-state index < -0.39 is 0 Å². The third-order valence-electron chi connectivity index (χ3n) is 2.21. The molecule has 4 heteroatoms. The second-order valence-corrected chi connectivity index (χ2v) is 3.59. The molecule has 1 rings (SSSR count). The number of nitrogens with one attached hydrogen (secondary N) is 1. The van der Waals surface area contributed by atoms with Gasteiger partial charge in [-0.1, -0.05) is 0 Å². The highest BCUT2D eigenvalue weighted by Crippen LogP contribution is 2.28. The van der Waals surface area contributed by atoms with Crippen LogP contribution < -0.4 is 5.32 Å². The Labute approximate surface area is 85.0 Å². The SMILES string of the molecule is COC(=O)CCNCCOCC1CC1. The van der Waals surface area contributed by atoms with Crippen LogP contribution in [-0.4, -0.2) is 39.4 Å². The van der Waals surface area contributed by atoms with E-state index in [0.29, 0.717) is 13.0 Å². The molecule has 0 bridgehead atoms. The summed E-state index contributed by atoms with van der Waals surface area (Å²) in [7, 11) is 1.40. The maximum absolute atomic E-state index is 10.7. The zero-order chi connectivity index (χ0) is 10.2. The second-order valence-electron chi connectivity index (χ2n) is 3.59. The maximum Gasteiger partial charge on any atom is 0.306 e. The predicted molar refractivity (Wildman–Crippen MR) is 53.0 cm³/mol. The smallest absolute Gasteiger partial charge is 0.306 e. The largest absolute Gasteiger partial charge is 0.469 e. The summed E-state index contributed by atoms with van der Waals surface area (Å²) in [4.78, 5) is 10.7. The number of ether oxygens (including phenoxy) is 2. The minimum atomic E-state index is -0.170. The third kappa shape index (κ3) is 5.94. The number of hydrogen-bond acceptors (Lipinski definition) is 4. The predicted octanol–water partition coefficient (Wildman–Crippen LogP) is 0.566. The Morgan fingerprint density at radius 2 is 2.21 bits per heavy atom. The fourth-order valence-corrected chi connectivity index (χ4v) is 1.10. The highest BCUT2D eigenvalue weighted by atomic mass is 16.5. The molecular weight excluding hydrogens is 182 g/mol. The lowest BCUT2D eigenvalue weighted by atomic mass is 10.4. The molecule has 0 aromatic carbocycles. The Kier molecular flexibility index (Phi) is 5.56. The van der Waals surface area contributed by atoms with Gasteiger partial charge in [0.05, 0.1) is 20.1 Å². The number of hydrogen-bond donors (Lipinski definition) is 1. The van der Waals surface area contributed by atoms with Crippen molar-refractivity contribution in [2.75, 3.05) is 33.4 Å². The molecule has 1 N–H and O–H groups in total. The molecule has 1 saturated carbocycles. The molecule has 0 spiro atoms. The van der Waals surface area contributed by atoms with E-state index in [4.69, 9.17) is 4.74 Å². The first-order valence-electron chi connectivity index (χ1n) is 5.18. The van der Waals surface area contributed by atoms with E-state index in [0.717, 1.165) is 25.7 Å². The zero-order valence-corrected chi connectivity index (χ0v) is 8.75. The van der Waals surface area contributed by atoms with Gasteiger partial charge in [-0.2, -0.15) is 0 Å². The number of esters is 1. The van der Waals surface area contributed by atoms with E-state index in [1.165, 1.54) is 20.0 Å². The van der Waals surface area contributed by atoms with Crippen LogP contribution in [0.15, 0.2) is 0 Å². The van der Waals surface area contributed by atoms with Crippen molar-refractivity contribution in [2.45, 2.75) is 19.3 Å². The molecule has 0 unspecified atom stereocenters. The van der Waals surface area contributed by atoms with Crippen LogP contribution in [0.5, 0.6) is 0 Å². The molecule has 0 atom stereocenters. The number of methoxy groups -OCH3 is 1. The fraction of sp³-hybridized carbons (Fsp3) is 0.900. The van der Waals surface area contributed by atoms with Crippen molar-refractivity contribution < 1.29 is 14.3 Å². The first-order chi connectivity index (χ1) is 6.83. The van der Waals surface area contributed by atoms with E-state index in [-0.39, 0.29) is 5.97 Å². The summed E-state index contributed by atoms with van der Waals surface area (Å²) in [5.41, 5.74) is 0. The topological polar surface area (TPSA) is 47.6 Å². The van der Waals surface area contributed by atoms with Gasteiger partial charge in [-0.05, 0) is 18.8 Å².